The van der Waals surface area contributed by atoms with Gasteiger partial charge in [-0.15, -0.1) is 0 Å². The number of pyridine rings is 1. The Kier molecular flexibility index (Phi) is 4.63. The Balaban J connectivity index is 1.95. The molecular weight excluding hydrogens is 265 g/mol. The number of rotatable bonds is 5. The number of carbonyl (C=O) groups is 1. The molecule has 98 valence electrons. The summed E-state index contributed by atoms with van der Waals surface area (Å²) >= 11 is 5.89. The lowest BCUT2D eigenvalue weighted by Gasteiger charge is -2.05. The zero-order valence-electron chi connectivity index (χ0n) is 10.3. The quantitative estimate of drug-likeness (QED) is 0.835. The van der Waals surface area contributed by atoms with Crippen LogP contribution in [0.4, 0.5) is 4.39 Å². The van der Waals surface area contributed by atoms with Crippen molar-refractivity contribution < 1.29 is 9.18 Å². The van der Waals surface area contributed by atoms with Crippen molar-refractivity contribution in [3.8, 4) is 0 Å². The number of aromatic nitrogens is 1. The highest BCUT2D eigenvalue weighted by atomic mass is 35.5. The van der Waals surface area contributed by atoms with Gasteiger partial charge >= 0.3 is 0 Å². The molecule has 1 heterocycles. The first-order valence-electron chi connectivity index (χ1n) is 6.00. The fraction of sp³-hybridized carbons (Fsp3) is 0.200. The molecule has 19 heavy (non-hydrogen) atoms. The third kappa shape index (κ3) is 3.86. The van der Waals surface area contributed by atoms with Crippen LogP contribution in [0.5, 0.6) is 0 Å². The number of hydrogen-bond acceptors (Lipinski definition) is 2. The summed E-state index contributed by atoms with van der Waals surface area (Å²) in [7, 11) is 0. The summed E-state index contributed by atoms with van der Waals surface area (Å²) in [5, 5.41) is 0.301. The fourth-order valence-electron chi connectivity index (χ4n) is 1.82. The Morgan fingerprint density at radius 2 is 2.11 bits per heavy atom. The van der Waals surface area contributed by atoms with Gasteiger partial charge in [0.15, 0.2) is 0 Å². The van der Waals surface area contributed by atoms with Crippen molar-refractivity contribution in [1.82, 2.24) is 4.98 Å². The van der Waals surface area contributed by atoms with Crippen LogP contribution in [0.1, 0.15) is 17.5 Å². The number of halogens is 2. The lowest BCUT2D eigenvalue weighted by Crippen LogP contribution is -2.06. The van der Waals surface area contributed by atoms with Crippen LogP contribution in [0.15, 0.2) is 42.7 Å². The monoisotopic (exact) mass is 277 g/mol. The summed E-state index contributed by atoms with van der Waals surface area (Å²) in [6, 6.07) is 8.18. The Morgan fingerprint density at radius 3 is 2.79 bits per heavy atom. The van der Waals surface area contributed by atoms with Crippen molar-refractivity contribution in [2.45, 2.75) is 19.3 Å². The summed E-state index contributed by atoms with van der Waals surface area (Å²) < 4.78 is 13.5. The first kappa shape index (κ1) is 13.7. The normalized spacial score (nSPS) is 10.4. The van der Waals surface area contributed by atoms with E-state index in [0.717, 1.165) is 5.56 Å². The number of benzene rings is 1. The van der Waals surface area contributed by atoms with Crippen LogP contribution in [0.25, 0.3) is 0 Å². The molecule has 0 saturated carbocycles. The van der Waals surface area contributed by atoms with Gasteiger partial charge in [0.2, 0.25) is 0 Å². The second-order valence-electron chi connectivity index (χ2n) is 4.28. The maximum atomic E-state index is 13.5. The van der Waals surface area contributed by atoms with E-state index in [0.29, 0.717) is 17.9 Å². The molecule has 0 fully saturated rings. The molecule has 2 rings (SSSR count). The van der Waals surface area contributed by atoms with Gasteiger partial charge in [-0.05, 0) is 30.2 Å². The maximum absolute atomic E-state index is 13.5. The molecule has 0 saturated heterocycles. The van der Waals surface area contributed by atoms with Crippen molar-refractivity contribution in [3.05, 3.63) is 64.7 Å². The molecule has 0 aliphatic heterocycles. The molecule has 0 unspecified atom stereocenters. The van der Waals surface area contributed by atoms with E-state index in [1.165, 1.54) is 12.1 Å². The molecule has 0 aliphatic carbocycles. The Bertz CT molecular complexity index is 551. The summed E-state index contributed by atoms with van der Waals surface area (Å²) in [6.45, 7) is 0. The maximum Gasteiger partial charge on any atom is 0.137 e. The third-order valence-corrected chi connectivity index (χ3v) is 3.21. The highest BCUT2D eigenvalue weighted by molar-refractivity contribution is 6.31. The summed E-state index contributed by atoms with van der Waals surface area (Å²) in [5.74, 6) is -0.460. The van der Waals surface area contributed by atoms with Crippen LogP contribution >= 0.6 is 11.6 Å². The van der Waals surface area contributed by atoms with Gasteiger partial charge < -0.3 is 0 Å². The SMILES string of the molecule is O=C(CCc1cccnc1)Cc1c(F)cccc1Cl. The van der Waals surface area contributed by atoms with E-state index in [9.17, 15) is 9.18 Å². The lowest BCUT2D eigenvalue weighted by molar-refractivity contribution is -0.118. The molecule has 0 amide bonds. The average Bonchev–Trinajstić information content (AvgIpc) is 2.42. The van der Waals surface area contributed by atoms with Gasteiger partial charge in [-0.25, -0.2) is 4.39 Å². The molecule has 0 aliphatic rings. The van der Waals surface area contributed by atoms with Crippen molar-refractivity contribution in [2.75, 3.05) is 0 Å². The highest BCUT2D eigenvalue weighted by Crippen LogP contribution is 2.20. The number of aryl methyl sites for hydroxylation is 1. The zero-order chi connectivity index (χ0) is 13.7. The van der Waals surface area contributed by atoms with Crippen LogP contribution < -0.4 is 0 Å². The van der Waals surface area contributed by atoms with Crippen molar-refractivity contribution >= 4 is 17.4 Å². The van der Waals surface area contributed by atoms with Gasteiger partial charge in [0, 0.05) is 35.8 Å². The number of nitrogens with zero attached hydrogens (tertiary/aromatic N) is 1. The average molecular weight is 278 g/mol. The minimum atomic E-state index is -0.428. The van der Waals surface area contributed by atoms with E-state index < -0.39 is 5.82 Å². The van der Waals surface area contributed by atoms with E-state index in [1.54, 1.807) is 18.5 Å². The molecule has 2 nitrogen and oxygen atoms in total. The molecule has 1 aromatic heterocycles. The lowest BCUT2D eigenvalue weighted by atomic mass is 10.0. The number of ketones is 1. The summed E-state index contributed by atoms with van der Waals surface area (Å²) in [5.41, 5.74) is 1.27. The van der Waals surface area contributed by atoms with Crippen molar-refractivity contribution in [3.63, 3.8) is 0 Å². The third-order valence-electron chi connectivity index (χ3n) is 2.85. The molecule has 2 aromatic rings. The molecule has 0 spiro atoms. The largest absolute Gasteiger partial charge is 0.299 e. The second kappa shape index (κ2) is 6.43. The number of Topliss-reactive ketones (excluding diaryl/α,β-unsaturated/α-hetero) is 1. The molecule has 0 bridgehead atoms. The van der Waals surface area contributed by atoms with Crippen molar-refractivity contribution in [2.24, 2.45) is 0 Å². The van der Waals surface area contributed by atoms with Gasteiger partial charge in [-0.3, -0.25) is 9.78 Å². The van der Waals surface area contributed by atoms with Gasteiger partial charge in [0.1, 0.15) is 11.6 Å². The van der Waals surface area contributed by atoms with E-state index in [-0.39, 0.29) is 17.8 Å². The first-order valence-corrected chi connectivity index (χ1v) is 6.38. The van der Waals surface area contributed by atoms with E-state index in [1.807, 2.05) is 12.1 Å². The van der Waals surface area contributed by atoms with E-state index >= 15 is 0 Å². The predicted octanol–water partition coefficient (Wildman–Crippen LogP) is 3.62. The topological polar surface area (TPSA) is 30.0 Å². The standard InChI is InChI=1S/C15H13ClFNO/c16-14-4-1-5-15(17)13(14)9-12(19)7-6-11-3-2-8-18-10-11/h1-5,8,10H,6-7,9H2. The van der Waals surface area contributed by atoms with E-state index in [2.05, 4.69) is 4.98 Å². The molecular formula is C15H13ClFNO. The molecule has 0 radical (unpaired) electrons. The molecule has 4 heteroatoms. The molecule has 0 N–H and O–H groups in total. The van der Waals surface area contributed by atoms with Gasteiger partial charge in [0.25, 0.3) is 0 Å². The van der Waals surface area contributed by atoms with Gasteiger partial charge in [0.05, 0.1) is 0 Å². The number of carbonyl (C=O) groups excluding carboxylic acids is 1. The van der Waals surface area contributed by atoms with Crippen LogP contribution in [-0.2, 0) is 17.6 Å². The summed E-state index contributed by atoms with van der Waals surface area (Å²) in [4.78, 5) is 15.8. The Labute approximate surface area is 116 Å². The fourth-order valence-corrected chi connectivity index (χ4v) is 2.05. The van der Waals surface area contributed by atoms with Crippen LogP contribution in [0.3, 0.4) is 0 Å². The van der Waals surface area contributed by atoms with Crippen LogP contribution in [0.2, 0.25) is 5.02 Å². The van der Waals surface area contributed by atoms with Crippen LogP contribution in [0, 0.1) is 5.82 Å². The highest BCUT2D eigenvalue weighted by Gasteiger charge is 2.11. The second-order valence-corrected chi connectivity index (χ2v) is 4.68. The van der Waals surface area contributed by atoms with E-state index in [4.69, 9.17) is 11.6 Å². The van der Waals surface area contributed by atoms with Gasteiger partial charge in [-0.1, -0.05) is 23.7 Å². The zero-order valence-corrected chi connectivity index (χ0v) is 11.0. The predicted molar refractivity (Wildman–Crippen MR) is 72.7 cm³/mol. The Morgan fingerprint density at radius 1 is 1.26 bits per heavy atom. The number of hydrogen-bond donors (Lipinski definition) is 0. The first-order chi connectivity index (χ1) is 9.16. The van der Waals surface area contributed by atoms with Crippen molar-refractivity contribution in [1.29, 1.82) is 0 Å². The van der Waals surface area contributed by atoms with Gasteiger partial charge in [-0.2, -0.15) is 0 Å². The minimum absolute atomic E-state index is 0.0316. The molecule has 0 atom stereocenters. The smallest absolute Gasteiger partial charge is 0.137 e. The Hall–Kier alpha value is -1.74. The minimum Gasteiger partial charge on any atom is -0.299 e. The molecule has 1 aromatic carbocycles. The summed E-state index contributed by atoms with van der Waals surface area (Å²) in [6.07, 6.45) is 4.41. The van der Waals surface area contributed by atoms with Crippen LogP contribution in [-0.4, -0.2) is 10.8 Å².